The van der Waals surface area contributed by atoms with Crippen LogP contribution in [-0.2, 0) is 16.6 Å². The van der Waals surface area contributed by atoms with Crippen molar-refractivity contribution >= 4 is 16.0 Å². The second-order valence-electron chi connectivity index (χ2n) is 5.36. The van der Waals surface area contributed by atoms with Gasteiger partial charge < -0.3 is 10.6 Å². The first kappa shape index (κ1) is 20.4. The van der Waals surface area contributed by atoms with Crippen LogP contribution in [0.2, 0.25) is 0 Å². The molecule has 0 aliphatic rings. The number of guanidine groups is 1. The maximum absolute atomic E-state index is 13.5. The van der Waals surface area contributed by atoms with Crippen molar-refractivity contribution in [3.05, 3.63) is 35.1 Å². The van der Waals surface area contributed by atoms with Gasteiger partial charge in [-0.15, -0.1) is 0 Å². The maximum Gasteiger partial charge on any atom is 0.211 e. The van der Waals surface area contributed by atoms with Gasteiger partial charge in [0.25, 0.3) is 0 Å². The SMILES string of the molecule is CCNC(=NCc1ccc(C)c(F)c1)NCCCNS(=O)(=O)CC. The van der Waals surface area contributed by atoms with Crippen molar-refractivity contribution < 1.29 is 12.8 Å². The number of halogens is 1. The Bertz CT molecular complexity index is 647. The highest BCUT2D eigenvalue weighted by Gasteiger charge is 2.05. The highest BCUT2D eigenvalue weighted by Crippen LogP contribution is 2.09. The highest BCUT2D eigenvalue weighted by atomic mass is 32.2. The van der Waals surface area contributed by atoms with Crippen LogP contribution in [0.3, 0.4) is 0 Å². The predicted octanol–water partition coefficient (Wildman–Crippen LogP) is 1.52. The van der Waals surface area contributed by atoms with Crippen LogP contribution in [0.4, 0.5) is 4.39 Å². The molecule has 0 saturated heterocycles. The van der Waals surface area contributed by atoms with Gasteiger partial charge in [-0.25, -0.2) is 22.5 Å². The molecule has 0 aliphatic carbocycles. The first-order valence-corrected chi connectivity index (χ1v) is 9.77. The molecule has 0 saturated carbocycles. The van der Waals surface area contributed by atoms with Gasteiger partial charge in [-0.05, 0) is 44.4 Å². The van der Waals surface area contributed by atoms with E-state index >= 15 is 0 Å². The van der Waals surface area contributed by atoms with Crippen molar-refractivity contribution in [2.75, 3.05) is 25.4 Å². The van der Waals surface area contributed by atoms with Crippen LogP contribution >= 0.6 is 0 Å². The zero-order valence-electron chi connectivity index (χ0n) is 14.5. The lowest BCUT2D eigenvalue weighted by molar-refractivity contribution is 0.579. The van der Waals surface area contributed by atoms with Gasteiger partial charge in [0, 0.05) is 19.6 Å². The van der Waals surface area contributed by atoms with Crippen molar-refractivity contribution in [2.24, 2.45) is 4.99 Å². The molecule has 0 atom stereocenters. The third-order valence-electron chi connectivity index (χ3n) is 3.35. The van der Waals surface area contributed by atoms with E-state index in [1.165, 1.54) is 6.07 Å². The van der Waals surface area contributed by atoms with E-state index in [0.29, 0.717) is 44.1 Å². The molecule has 136 valence electrons. The summed E-state index contributed by atoms with van der Waals surface area (Å²) in [5.74, 6) is 0.471. The maximum atomic E-state index is 13.5. The molecule has 0 radical (unpaired) electrons. The van der Waals surface area contributed by atoms with E-state index in [-0.39, 0.29) is 11.6 Å². The molecule has 0 aliphatic heterocycles. The minimum atomic E-state index is -3.14. The van der Waals surface area contributed by atoms with Gasteiger partial charge in [-0.2, -0.15) is 0 Å². The Kier molecular flexibility index (Phi) is 8.70. The molecule has 0 unspecified atom stereocenters. The molecule has 0 spiro atoms. The standard InChI is InChI=1S/C16H27FN4O2S/c1-4-18-16(19-9-6-10-21-24(22,23)5-2)20-12-14-8-7-13(3)15(17)11-14/h7-8,11,21H,4-6,9-10,12H2,1-3H3,(H2,18,19,20). The lowest BCUT2D eigenvalue weighted by Gasteiger charge is -2.11. The molecule has 24 heavy (non-hydrogen) atoms. The van der Waals surface area contributed by atoms with E-state index in [4.69, 9.17) is 0 Å². The summed E-state index contributed by atoms with van der Waals surface area (Å²) in [4.78, 5) is 4.41. The minimum Gasteiger partial charge on any atom is -0.357 e. The summed E-state index contributed by atoms with van der Waals surface area (Å²) in [5, 5.41) is 6.24. The zero-order chi connectivity index (χ0) is 18.0. The summed E-state index contributed by atoms with van der Waals surface area (Å²) in [5.41, 5.74) is 1.41. The lowest BCUT2D eigenvalue weighted by Crippen LogP contribution is -2.38. The molecular weight excluding hydrogens is 331 g/mol. The molecule has 0 fully saturated rings. The van der Waals surface area contributed by atoms with Crippen LogP contribution in [0.25, 0.3) is 0 Å². The number of sulfonamides is 1. The minimum absolute atomic E-state index is 0.0810. The van der Waals surface area contributed by atoms with Crippen molar-refractivity contribution in [1.29, 1.82) is 0 Å². The van der Waals surface area contributed by atoms with Crippen LogP contribution in [0.1, 0.15) is 31.4 Å². The molecule has 0 heterocycles. The third-order valence-corrected chi connectivity index (χ3v) is 4.75. The van der Waals surface area contributed by atoms with Crippen LogP contribution < -0.4 is 15.4 Å². The predicted molar refractivity (Wildman–Crippen MR) is 96.0 cm³/mol. The van der Waals surface area contributed by atoms with E-state index < -0.39 is 10.0 Å². The van der Waals surface area contributed by atoms with E-state index in [9.17, 15) is 12.8 Å². The fraction of sp³-hybridized carbons (Fsp3) is 0.562. The monoisotopic (exact) mass is 358 g/mol. The quantitative estimate of drug-likeness (QED) is 0.355. The van der Waals surface area contributed by atoms with E-state index in [0.717, 1.165) is 5.56 Å². The summed E-state index contributed by atoms with van der Waals surface area (Å²) < 4.78 is 38.7. The fourth-order valence-corrected chi connectivity index (χ4v) is 2.53. The first-order valence-electron chi connectivity index (χ1n) is 8.12. The number of hydrogen-bond acceptors (Lipinski definition) is 3. The molecule has 8 heteroatoms. The molecule has 0 bridgehead atoms. The smallest absolute Gasteiger partial charge is 0.211 e. The molecule has 0 aromatic heterocycles. The van der Waals surface area contributed by atoms with Crippen LogP contribution in [-0.4, -0.2) is 39.8 Å². The third kappa shape index (κ3) is 7.74. The van der Waals surface area contributed by atoms with E-state index in [1.807, 2.05) is 13.0 Å². The Morgan fingerprint density at radius 1 is 1.21 bits per heavy atom. The zero-order valence-corrected chi connectivity index (χ0v) is 15.3. The van der Waals surface area contributed by atoms with Gasteiger partial charge in [0.2, 0.25) is 10.0 Å². The summed E-state index contributed by atoms with van der Waals surface area (Å²) in [6.45, 7) is 7.32. The number of hydrogen-bond donors (Lipinski definition) is 3. The number of rotatable bonds is 9. The van der Waals surface area contributed by atoms with Crippen molar-refractivity contribution in [3.8, 4) is 0 Å². The average molecular weight is 358 g/mol. The fourth-order valence-electron chi connectivity index (χ4n) is 1.87. The highest BCUT2D eigenvalue weighted by molar-refractivity contribution is 7.89. The number of aryl methyl sites for hydroxylation is 1. The number of aliphatic imine (C=N–C) groups is 1. The van der Waals surface area contributed by atoms with Gasteiger partial charge in [0.05, 0.1) is 12.3 Å². The van der Waals surface area contributed by atoms with Gasteiger partial charge >= 0.3 is 0 Å². The van der Waals surface area contributed by atoms with E-state index in [1.54, 1.807) is 19.9 Å². The van der Waals surface area contributed by atoms with Gasteiger partial charge in [0.15, 0.2) is 5.96 Å². The summed E-state index contributed by atoms with van der Waals surface area (Å²) in [6.07, 6.45) is 0.642. The Balaban J connectivity index is 2.46. The molecule has 1 aromatic carbocycles. The molecule has 1 aromatic rings. The number of nitrogens with zero attached hydrogens (tertiary/aromatic N) is 1. The topological polar surface area (TPSA) is 82.6 Å². The van der Waals surface area contributed by atoms with Crippen molar-refractivity contribution in [1.82, 2.24) is 15.4 Å². The normalized spacial score (nSPS) is 12.2. The molecule has 6 nitrogen and oxygen atoms in total. The Morgan fingerprint density at radius 3 is 2.58 bits per heavy atom. The van der Waals surface area contributed by atoms with Gasteiger partial charge in [-0.1, -0.05) is 12.1 Å². The Labute approximate surface area is 144 Å². The average Bonchev–Trinajstić information content (AvgIpc) is 2.55. The van der Waals surface area contributed by atoms with Crippen LogP contribution in [0.5, 0.6) is 0 Å². The molecule has 0 amide bonds. The van der Waals surface area contributed by atoms with Gasteiger partial charge in [-0.3, -0.25) is 0 Å². The first-order chi connectivity index (χ1) is 11.4. The molecule has 3 N–H and O–H groups in total. The Morgan fingerprint density at radius 2 is 1.96 bits per heavy atom. The van der Waals surface area contributed by atoms with Crippen LogP contribution in [0.15, 0.2) is 23.2 Å². The summed E-state index contributed by atoms with van der Waals surface area (Å²) in [7, 11) is -3.14. The number of nitrogens with one attached hydrogen (secondary N) is 3. The number of benzene rings is 1. The van der Waals surface area contributed by atoms with Crippen molar-refractivity contribution in [3.63, 3.8) is 0 Å². The Hall–Kier alpha value is -1.67. The second-order valence-corrected chi connectivity index (χ2v) is 7.45. The van der Waals surface area contributed by atoms with Crippen LogP contribution in [0, 0.1) is 12.7 Å². The van der Waals surface area contributed by atoms with Crippen molar-refractivity contribution in [2.45, 2.75) is 33.7 Å². The van der Waals surface area contributed by atoms with Gasteiger partial charge in [0.1, 0.15) is 5.82 Å². The largest absolute Gasteiger partial charge is 0.357 e. The van der Waals surface area contributed by atoms with E-state index in [2.05, 4.69) is 20.3 Å². The molecular formula is C16H27FN4O2S. The molecule has 1 rings (SSSR count). The summed E-state index contributed by atoms with van der Waals surface area (Å²) in [6, 6.07) is 5.08. The summed E-state index contributed by atoms with van der Waals surface area (Å²) >= 11 is 0. The second kappa shape index (κ2) is 10.2. The lowest BCUT2D eigenvalue weighted by atomic mass is 10.1.